The average molecular weight is 374 g/mol. The zero-order valence-corrected chi connectivity index (χ0v) is 14.9. The fourth-order valence-electron chi connectivity index (χ4n) is 2.62. The van der Waals surface area contributed by atoms with Crippen LogP contribution in [0.15, 0.2) is 67.1 Å². The monoisotopic (exact) mass is 374 g/mol. The molecule has 0 aliphatic rings. The lowest BCUT2D eigenvalue weighted by molar-refractivity contribution is 0.101. The minimum atomic E-state index is -0.477. The van der Waals surface area contributed by atoms with E-state index >= 15 is 0 Å². The van der Waals surface area contributed by atoms with Crippen LogP contribution in [-0.2, 0) is 0 Å². The maximum absolute atomic E-state index is 14.1. The van der Waals surface area contributed by atoms with E-state index in [2.05, 4.69) is 25.4 Å². The van der Waals surface area contributed by atoms with Gasteiger partial charge in [-0.3, -0.25) is 9.78 Å². The number of hydrogen-bond acceptors (Lipinski definition) is 5. The Hall–Kier alpha value is -3.94. The normalized spacial score (nSPS) is 10.6. The van der Waals surface area contributed by atoms with Crippen molar-refractivity contribution in [3.05, 3.63) is 84.2 Å². The Balaban J connectivity index is 1.60. The second-order valence-electron chi connectivity index (χ2n) is 6.02. The van der Waals surface area contributed by atoms with Crippen LogP contribution in [0.2, 0.25) is 0 Å². The standard InChI is InChI=1S/C20H15FN6O/c1-13-6-7-15(23-12-13)19-22-10-9-18(25-19)26-20(28)17-8-11-24-27(17)16-5-3-2-4-14(16)21/h2-12H,1H3,(H,22,25,26,28). The molecule has 1 N–H and O–H groups in total. The number of hydrogen-bond donors (Lipinski definition) is 1. The Bertz CT molecular complexity index is 1140. The summed E-state index contributed by atoms with van der Waals surface area (Å²) in [7, 11) is 0. The van der Waals surface area contributed by atoms with Crippen molar-refractivity contribution in [3.63, 3.8) is 0 Å². The van der Waals surface area contributed by atoms with E-state index in [1.807, 2.05) is 19.1 Å². The highest BCUT2D eigenvalue weighted by molar-refractivity contribution is 6.02. The van der Waals surface area contributed by atoms with E-state index in [0.717, 1.165) is 5.56 Å². The molecule has 28 heavy (non-hydrogen) atoms. The summed E-state index contributed by atoms with van der Waals surface area (Å²) >= 11 is 0. The van der Waals surface area contributed by atoms with E-state index in [0.29, 0.717) is 17.3 Å². The molecule has 0 fully saturated rings. The Labute approximate surface area is 159 Å². The maximum Gasteiger partial charge on any atom is 0.275 e. The van der Waals surface area contributed by atoms with E-state index in [1.165, 1.54) is 29.2 Å². The van der Waals surface area contributed by atoms with Gasteiger partial charge in [0.1, 0.15) is 28.7 Å². The van der Waals surface area contributed by atoms with Crippen molar-refractivity contribution in [3.8, 4) is 17.2 Å². The van der Waals surface area contributed by atoms with Crippen LogP contribution in [0.5, 0.6) is 0 Å². The minimum Gasteiger partial charge on any atom is -0.305 e. The van der Waals surface area contributed by atoms with Crippen molar-refractivity contribution < 1.29 is 9.18 Å². The molecule has 0 bridgehead atoms. The van der Waals surface area contributed by atoms with Crippen LogP contribution in [0.3, 0.4) is 0 Å². The number of aromatic nitrogens is 5. The molecule has 4 rings (SSSR count). The summed E-state index contributed by atoms with van der Waals surface area (Å²) in [5, 5.41) is 6.75. The minimum absolute atomic E-state index is 0.179. The van der Waals surface area contributed by atoms with Crippen LogP contribution < -0.4 is 5.32 Å². The molecule has 8 heteroatoms. The van der Waals surface area contributed by atoms with Crippen molar-refractivity contribution in [2.24, 2.45) is 0 Å². The lowest BCUT2D eigenvalue weighted by Gasteiger charge is -2.09. The summed E-state index contributed by atoms with van der Waals surface area (Å²) in [6, 6.07) is 12.9. The predicted octanol–water partition coefficient (Wildman–Crippen LogP) is 3.42. The fraction of sp³-hybridized carbons (Fsp3) is 0.0500. The lowest BCUT2D eigenvalue weighted by Crippen LogP contribution is -2.18. The molecule has 0 spiro atoms. The topological polar surface area (TPSA) is 85.6 Å². The number of nitrogens with one attached hydrogen (secondary N) is 1. The summed E-state index contributed by atoms with van der Waals surface area (Å²) in [5.74, 6) is -0.253. The number of pyridine rings is 1. The summed E-state index contributed by atoms with van der Waals surface area (Å²) in [6.45, 7) is 1.94. The van der Waals surface area contributed by atoms with E-state index < -0.39 is 11.7 Å². The molecule has 3 heterocycles. The number of carbonyl (C=O) groups is 1. The molecule has 1 amide bonds. The summed E-state index contributed by atoms with van der Waals surface area (Å²) in [5.41, 5.74) is 1.98. The van der Waals surface area contributed by atoms with Crippen LogP contribution in [-0.4, -0.2) is 30.6 Å². The first-order chi connectivity index (χ1) is 13.6. The van der Waals surface area contributed by atoms with Gasteiger partial charge in [-0.25, -0.2) is 19.0 Å². The number of nitrogens with zero attached hydrogens (tertiary/aromatic N) is 5. The van der Waals surface area contributed by atoms with Gasteiger partial charge in [-0.15, -0.1) is 0 Å². The highest BCUT2D eigenvalue weighted by Crippen LogP contribution is 2.17. The van der Waals surface area contributed by atoms with E-state index in [9.17, 15) is 9.18 Å². The number of para-hydroxylation sites is 1. The Morgan fingerprint density at radius 3 is 2.68 bits per heavy atom. The molecule has 1 aromatic carbocycles. The largest absolute Gasteiger partial charge is 0.305 e. The van der Waals surface area contributed by atoms with Crippen LogP contribution in [0.25, 0.3) is 17.2 Å². The number of carbonyl (C=O) groups excluding carboxylic acids is 1. The number of halogens is 1. The van der Waals surface area contributed by atoms with E-state index in [4.69, 9.17) is 0 Å². The molecule has 4 aromatic rings. The summed E-state index contributed by atoms with van der Waals surface area (Å²) < 4.78 is 15.3. The molecule has 0 saturated carbocycles. The molecule has 0 unspecified atom stereocenters. The quantitative estimate of drug-likeness (QED) is 0.592. The highest BCUT2D eigenvalue weighted by atomic mass is 19.1. The Morgan fingerprint density at radius 2 is 1.89 bits per heavy atom. The first-order valence-electron chi connectivity index (χ1n) is 8.48. The van der Waals surface area contributed by atoms with Crippen LogP contribution in [0, 0.1) is 12.7 Å². The van der Waals surface area contributed by atoms with Gasteiger partial charge >= 0.3 is 0 Å². The molecular weight excluding hydrogens is 359 g/mol. The van der Waals surface area contributed by atoms with Crippen molar-refractivity contribution in [2.75, 3.05) is 5.32 Å². The first kappa shape index (κ1) is 17.5. The van der Waals surface area contributed by atoms with Gasteiger partial charge in [0.25, 0.3) is 5.91 Å². The Kier molecular flexibility index (Phi) is 4.59. The number of aryl methyl sites for hydroxylation is 1. The fourth-order valence-corrected chi connectivity index (χ4v) is 2.62. The third kappa shape index (κ3) is 3.48. The van der Waals surface area contributed by atoms with Crippen molar-refractivity contribution in [1.82, 2.24) is 24.7 Å². The smallest absolute Gasteiger partial charge is 0.275 e. The highest BCUT2D eigenvalue weighted by Gasteiger charge is 2.16. The zero-order valence-electron chi connectivity index (χ0n) is 14.9. The van der Waals surface area contributed by atoms with Gasteiger partial charge in [0.15, 0.2) is 5.82 Å². The average Bonchev–Trinajstić information content (AvgIpc) is 3.19. The third-order valence-corrected chi connectivity index (χ3v) is 3.99. The number of amides is 1. The van der Waals surface area contributed by atoms with Crippen LogP contribution >= 0.6 is 0 Å². The van der Waals surface area contributed by atoms with Crippen LogP contribution in [0.4, 0.5) is 10.2 Å². The molecular formula is C20H15FN6O. The molecule has 0 aliphatic carbocycles. The zero-order chi connectivity index (χ0) is 19.5. The predicted molar refractivity (Wildman–Crippen MR) is 101 cm³/mol. The molecule has 0 atom stereocenters. The number of anilines is 1. The molecule has 3 aromatic heterocycles. The van der Waals surface area contributed by atoms with E-state index in [-0.39, 0.29) is 11.4 Å². The molecule has 0 radical (unpaired) electrons. The summed E-state index contributed by atoms with van der Waals surface area (Å²) in [6.07, 6.45) is 4.69. The van der Waals surface area contributed by atoms with Gasteiger partial charge in [-0.1, -0.05) is 18.2 Å². The van der Waals surface area contributed by atoms with Gasteiger partial charge < -0.3 is 5.32 Å². The SMILES string of the molecule is Cc1ccc(-c2nccc(NC(=O)c3ccnn3-c3ccccc3F)n2)nc1. The van der Waals surface area contributed by atoms with Gasteiger partial charge in [0.05, 0.1) is 6.20 Å². The molecule has 7 nitrogen and oxygen atoms in total. The van der Waals surface area contributed by atoms with Crippen molar-refractivity contribution in [1.29, 1.82) is 0 Å². The first-order valence-corrected chi connectivity index (χ1v) is 8.48. The third-order valence-electron chi connectivity index (χ3n) is 3.99. The van der Waals surface area contributed by atoms with Gasteiger partial charge in [0.2, 0.25) is 0 Å². The molecule has 138 valence electrons. The van der Waals surface area contributed by atoms with Crippen molar-refractivity contribution >= 4 is 11.7 Å². The number of benzene rings is 1. The van der Waals surface area contributed by atoms with E-state index in [1.54, 1.807) is 30.5 Å². The van der Waals surface area contributed by atoms with Gasteiger partial charge in [-0.2, -0.15) is 5.10 Å². The molecule has 0 aliphatic heterocycles. The lowest BCUT2D eigenvalue weighted by atomic mass is 10.2. The second kappa shape index (κ2) is 7.36. The summed E-state index contributed by atoms with van der Waals surface area (Å²) in [4.78, 5) is 25.5. The van der Waals surface area contributed by atoms with Crippen molar-refractivity contribution in [2.45, 2.75) is 6.92 Å². The van der Waals surface area contributed by atoms with Gasteiger partial charge in [0, 0.05) is 12.4 Å². The molecule has 0 saturated heterocycles. The van der Waals surface area contributed by atoms with Gasteiger partial charge in [-0.05, 0) is 42.8 Å². The maximum atomic E-state index is 14.1. The van der Waals surface area contributed by atoms with Crippen LogP contribution in [0.1, 0.15) is 16.1 Å². The number of rotatable bonds is 4. The second-order valence-corrected chi connectivity index (χ2v) is 6.02. The Morgan fingerprint density at radius 1 is 1.04 bits per heavy atom.